The third kappa shape index (κ3) is 1.50. The second kappa shape index (κ2) is 3.35. The Hall–Kier alpha value is -0.0800. The van der Waals surface area contributed by atoms with E-state index in [-0.39, 0.29) is 0 Å². The molecule has 0 aromatic carbocycles. The predicted molar refractivity (Wildman–Crippen MR) is 41.9 cm³/mol. The number of hydrogen-bond donors (Lipinski definition) is 1. The number of likely N-dealkylation sites (tertiary alicyclic amines) is 1. The molecule has 2 heteroatoms. The van der Waals surface area contributed by atoms with Gasteiger partial charge in [0.1, 0.15) is 0 Å². The van der Waals surface area contributed by atoms with Crippen molar-refractivity contribution in [2.45, 2.75) is 26.3 Å². The summed E-state index contributed by atoms with van der Waals surface area (Å²) in [5, 5.41) is 8.91. The maximum atomic E-state index is 8.91. The van der Waals surface area contributed by atoms with Crippen LogP contribution in [0, 0.1) is 5.92 Å². The van der Waals surface area contributed by atoms with Crippen LogP contribution < -0.4 is 0 Å². The fourth-order valence-electron chi connectivity index (χ4n) is 1.55. The van der Waals surface area contributed by atoms with Crippen LogP contribution in [-0.2, 0) is 0 Å². The van der Waals surface area contributed by atoms with Gasteiger partial charge in [0.15, 0.2) is 0 Å². The molecular weight excluding hydrogens is 126 g/mol. The highest BCUT2D eigenvalue weighted by Gasteiger charge is 2.27. The Kier molecular flexibility index (Phi) is 2.69. The zero-order valence-electron chi connectivity index (χ0n) is 6.88. The lowest BCUT2D eigenvalue weighted by molar-refractivity contribution is 0.0299. The Balaban J connectivity index is 2.21. The molecule has 2 nitrogen and oxygen atoms in total. The molecule has 1 rings (SSSR count). The van der Waals surface area contributed by atoms with Crippen LogP contribution in [0.1, 0.15) is 20.3 Å². The van der Waals surface area contributed by atoms with Crippen molar-refractivity contribution in [3.8, 4) is 0 Å². The monoisotopic (exact) mass is 143 g/mol. The summed E-state index contributed by atoms with van der Waals surface area (Å²) >= 11 is 0. The number of hydrogen-bond acceptors (Lipinski definition) is 2. The molecule has 1 aliphatic heterocycles. The largest absolute Gasteiger partial charge is 0.395 e. The first-order valence-corrected chi connectivity index (χ1v) is 4.12. The molecule has 0 bridgehead atoms. The Morgan fingerprint density at radius 3 is 2.50 bits per heavy atom. The van der Waals surface area contributed by atoms with E-state index in [2.05, 4.69) is 18.7 Å². The van der Waals surface area contributed by atoms with Gasteiger partial charge in [0.05, 0.1) is 6.61 Å². The van der Waals surface area contributed by atoms with Crippen LogP contribution in [0.5, 0.6) is 0 Å². The first-order chi connectivity index (χ1) is 4.77. The number of rotatable bonds is 3. The highest BCUT2D eigenvalue weighted by molar-refractivity contribution is 4.81. The summed E-state index contributed by atoms with van der Waals surface area (Å²) in [6, 6.07) is 0.427. The maximum absolute atomic E-state index is 8.91. The van der Waals surface area contributed by atoms with E-state index in [0.29, 0.717) is 12.6 Å². The van der Waals surface area contributed by atoms with E-state index in [1.165, 1.54) is 13.1 Å². The van der Waals surface area contributed by atoms with E-state index in [1.54, 1.807) is 0 Å². The van der Waals surface area contributed by atoms with Gasteiger partial charge in [-0.3, -0.25) is 4.90 Å². The summed E-state index contributed by atoms with van der Waals surface area (Å²) in [6.45, 7) is 7.06. The molecule has 1 aliphatic rings. The third-order valence-electron chi connectivity index (χ3n) is 2.29. The lowest BCUT2D eigenvalue weighted by Gasteiger charge is -2.42. The summed E-state index contributed by atoms with van der Waals surface area (Å²) in [6.07, 6.45) is 1.07. The fourth-order valence-corrected chi connectivity index (χ4v) is 1.55. The standard InChI is InChI=1S/C8H17NO/c1-3-8(6-10)9-4-7(2)5-9/h7-8,10H,3-6H2,1-2H3. The van der Waals surface area contributed by atoms with E-state index in [0.717, 1.165) is 12.3 Å². The van der Waals surface area contributed by atoms with Crippen molar-refractivity contribution in [2.75, 3.05) is 19.7 Å². The lowest BCUT2D eigenvalue weighted by atomic mass is 9.99. The molecule has 1 saturated heterocycles. The Morgan fingerprint density at radius 1 is 1.60 bits per heavy atom. The average Bonchev–Trinajstić information content (AvgIpc) is 1.87. The van der Waals surface area contributed by atoms with Gasteiger partial charge in [0.2, 0.25) is 0 Å². The van der Waals surface area contributed by atoms with Crippen LogP contribution in [0.25, 0.3) is 0 Å². The van der Waals surface area contributed by atoms with Gasteiger partial charge < -0.3 is 5.11 Å². The Labute approximate surface area is 62.8 Å². The van der Waals surface area contributed by atoms with Crippen LogP contribution in [0.15, 0.2) is 0 Å². The van der Waals surface area contributed by atoms with Crippen molar-refractivity contribution in [1.82, 2.24) is 4.90 Å². The molecule has 1 N–H and O–H groups in total. The van der Waals surface area contributed by atoms with Gasteiger partial charge in [-0.2, -0.15) is 0 Å². The van der Waals surface area contributed by atoms with Gasteiger partial charge in [-0.05, 0) is 12.3 Å². The summed E-state index contributed by atoms with van der Waals surface area (Å²) in [4.78, 5) is 2.35. The smallest absolute Gasteiger partial charge is 0.0586 e. The summed E-state index contributed by atoms with van der Waals surface area (Å²) < 4.78 is 0. The maximum Gasteiger partial charge on any atom is 0.0586 e. The van der Waals surface area contributed by atoms with Gasteiger partial charge >= 0.3 is 0 Å². The predicted octanol–water partition coefficient (Wildman–Crippen LogP) is 0.709. The molecule has 1 fully saturated rings. The number of aliphatic hydroxyl groups is 1. The van der Waals surface area contributed by atoms with Crippen molar-refractivity contribution < 1.29 is 5.11 Å². The van der Waals surface area contributed by atoms with Crippen LogP contribution >= 0.6 is 0 Å². The van der Waals surface area contributed by atoms with Gasteiger partial charge in [-0.15, -0.1) is 0 Å². The van der Waals surface area contributed by atoms with Crippen LogP contribution in [0.2, 0.25) is 0 Å². The average molecular weight is 143 g/mol. The molecule has 0 saturated carbocycles. The molecule has 0 aromatic rings. The van der Waals surface area contributed by atoms with E-state index in [1.807, 2.05) is 0 Å². The lowest BCUT2D eigenvalue weighted by Crippen LogP contribution is -2.52. The first-order valence-electron chi connectivity index (χ1n) is 4.12. The van der Waals surface area contributed by atoms with E-state index in [9.17, 15) is 0 Å². The van der Waals surface area contributed by atoms with E-state index < -0.39 is 0 Å². The summed E-state index contributed by atoms with van der Waals surface area (Å²) in [5.74, 6) is 0.848. The molecule has 0 amide bonds. The number of aliphatic hydroxyl groups excluding tert-OH is 1. The molecule has 0 radical (unpaired) electrons. The van der Waals surface area contributed by atoms with Crippen molar-refractivity contribution >= 4 is 0 Å². The zero-order chi connectivity index (χ0) is 7.56. The molecule has 0 aliphatic carbocycles. The van der Waals surface area contributed by atoms with Gasteiger partial charge in [0, 0.05) is 19.1 Å². The van der Waals surface area contributed by atoms with Gasteiger partial charge in [0.25, 0.3) is 0 Å². The van der Waals surface area contributed by atoms with Crippen molar-refractivity contribution in [1.29, 1.82) is 0 Å². The van der Waals surface area contributed by atoms with E-state index in [4.69, 9.17) is 5.11 Å². The minimum absolute atomic E-state index is 0.323. The molecule has 0 aromatic heterocycles. The molecule has 10 heavy (non-hydrogen) atoms. The fraction of sp³-hybridized carbons (Fsp3) is 1.00. The third-order valence-corrected chi connectivity index (χ3v) is 2.29. The molecule has 1 heterocycles. The normalized spacial score (nSPS) is 24.3. The first kappa shape index (κ1) is 8.02. The molecule has 1 atom stereocenters. The van der Waals surface area contributed by atoms with Crippen LogP contribution in [-0.4, -0.2) is 35.7 Å². The topological polar surface area (TPSA) is 23.5 Å². The second-order valence-corrected chi connectivity index (χ2v) is 3.30. The van der Waals surface area contributed by atoms with Crippen molar-refractivity contribution in [2.24, 2.45) is 5.92 Å². The number of nitrogens with zero attached hydrogens (tertiary/aromatic N) is 1. The summed E-state index contributed by atoms with van der Waals surface area (Å²) in [5.41, 5.74) is 0. The second-order valence-electron chi connectivity index (χ2n) is 3.30. The SMILES string of the molecule is CCC(CO)N1CC(C)C1. The highest BCUT2D eigenvalue weighted by atomic mass is 16.3. The molecule has 0 spiro atoms. The van der Waals surface area contributed by atoms with Crippen LogP contribution in [0.3, 0.4) is 0 Å². The van der Waals surface area contributed by atoms with Gasteiger partial charge in [-0.1, -0.05) is 13.8 Å². The van der Waals surface area contributed by atoms with Gasteiger partial charge in [-0.25, -0.2) is 0 Å². The minimum atomic E-state index is 0.323. The Morgan fingerprint density at radius 2 is 2.20 bits per heavy atom. The molecule has 1 unspecified atom stereocenters. The van der Waals surface area contributed by atoms with Crippen molar-refractivity contribution in [3.63, 3.8) is 0 Å². The molecule has 60 valence electrons. The van der Waals surface area contributed by atoms with E-state index >= 15 is 0 Å². The highest BCUT2D eigenvalue weighted by Crippen LogP contribution is 2.18. The zero-order valence-corrected chi connectivity index (χ0v) is 6.88. The molecular formula is C8H17NO. The quantitative estimate of drug-likeness (QED) is 0.629. The van der Waals surface area contributed by atoms with Crippen molar-refractivity contribution in [3.05, 3.63) is 0 Å². The van der Waals surface area contributed by atoms with Crippen LogP contribution in [0.4, 0.5) is 0 Å². The Bertz CT molecular complexity index is 95.4. The summed E-state index contributed by atoms with van der Waals surface area (Å²) in [7, 11) is 0. The minimum Gasteiger partial charge on any atom is -0.395 e.